The molecule has 0 saturated heterocycles. The van der Waals surface area contributed by atoms with E-state index in [9.17, 15) is 4.79 Å². The summed E-state index contributed by atoms with van der Waals surface area (Å²) in [6.07, 6.45) is 0. The van der Waals surface area contributed by atoms with Gasteiger partial charge in [-0.05, 0) is 0 Å². The zero-order valence-electron chi connectivity index (χ0n) is 3.65. The second kappa shape index (κ2) is 3.29. The summed E-state index contributed by atoms with van der Waals surface area (Å²) in [7, 11) is 0.352. The highest BCUT2D eigenvalue weighted by molar-refractivity contribution is 6.53. The fraction of sp³-hybridized carbons (Fsp3) is 0.500. The number of halogens is 2. The molecule has 0 aliphatic heterocycles. The first kappa shape index (κ1) is 7.27. The molecule has 0 aliphatic carbocycles. The van der Waals surface area contributed by atoms with E-state index in [4.69, 9.17) is 23.2 Å². The van der Waals surface area contributed by atoms with E-state index >= 15 is 0 Å². The van der Waals surface area contributed by atoms with E-state index in [0.29, 0.717) is 10.5 Å². The van der Waals surface area contributed by atoms with Crippen molar-refractivity contribution in [3.05, 3.63) is 0 Å². The molecule has 0 aliphatic rings. The molecule has 0 unspecified atom stereocenters. The van der Waals surface area contributed by atoms with Crippen LogP contribution in [0.4, 0.5) is 0 Å². The highest BCUT2D eigenvalue weighted by Gasteiger charge is 2.08. The van der Waals surface area contributed by atoms with Gasteiger partial charge in [0, 0.05) is 0 Å². The number of alkyl halides is 2. The molecule has 0 N–H and O–H groups in total. The molecule has 0 saturated carbocycles. The Bertz CT molecular complexity index is 74.1. The average molecular weight is 159 g/mol. The maximum Gasteiger partial charge on any atom is 0.325 e. The molecule has 0 aromatic rings. The normalized spacial score (nSPS) is 9.57. The van der Waals surface area contributed by atoms with Crippen molar-refractivity contribution in [2.24, 2.45) is 0 Å². The van der Waals surface area contributed by atoms with Crippen molar-refractivity contribution in [2.75, 3.05) is 0 Å². The maximum absolute atomic E-state index is 10.1. The molecule has 2 nitrogen and oxygen atoms in total. The van der Waals surface area contributed by atoms with Crippen LogP contribution in [0.25, 0.3) is 0 Å². The van der Waals surface area contributed by atoms with Crippen LogP contribution < -0.4 is 0 Å². The van der Waals surface area contributed by atoms with E-state index in [1.54, 1.807) is 0 Å². The molecule has 0 heterocycles. The third kappa shape index (κ3) is 2.91. The van der Waals surface area contributed by atoms with Crippen molar-refractivity contribution in [1.29, 1.82) is 0 Å². The van der Waals surface area contributed by atoms with Crippen LogP contribution in [0.2, 0.25) is 0 Å². The molecule has 42 valence electrons. The van der Waals surface area contributed by atoms with Crippen molar-refractivity contribution in [1.82, 2.24) is 0 Å². The van der Waals surface area contributed by atoms with Crippen LogP contribution in [-0.2, 0) is 9.22 Å². The summed E-state index contributed by atoms with van der Waals surface area (Å²) < 4.78 is 4.25. The van der Waals surface area contributed by atoms with Crippen LogP contribution >= 0.6 is 23.2 Å². The maximum atomic E-state index is 10.1. The van der Waals surface area contributed by atoms with Gasteiger partial charge in [-0.15, -0.1) is 0 Å². The van der Waals surface area contributed by atoms with Crippen LogP contribution in [0.3, 0.4) is 0 Å². The highest BCUT2D eigenvalue weighted by Crippen LogP contribution is 2.01. The molecule has 0 aromatic heterocycles. The van der Waals surface area contributed by atoms with Crippen LogP contribution in [0.5, 0.6) is 0 Å². The molecule has 0 amide bonds. The van der Waals surface area contributed by atoms with Gasteiger partial charge in [-0.25, -0.2) is 0 Å². The van der Waals surface area contributed by atoms with Crippen LogP contribution in [-0.4, -0.2) is 21.3 Å². The highest BCUT2D eigenvalue weighted by atomic mass is 35.5. The molecular formula is C2H4Cl2O2Si. The monoisotopic (exact) mass is 158 g/mol. The SMILES string of the molecule is O=C(O[SiH3])C(Cl)Cl. The Kier molecular flexibility index (Phi) is 3.42. The van der Waals surface area contributed by atoms with E-state index in [1.165, 1.54) is 0 Å². The molecule has 0 atom stereocenters. The molecule has 0 rings (SSSR count). The first-order valence-corrected chi connectivity index (χ1v) is 3.23. The van der Waals surface area contributed by atoms with Gasteiger partial charge in [0.15, 0.2) is 0 Å². The van der Waals surface area contributed by atoms with Crippen LogP contribution in [0, 0.1) is 0 Å². The van der Waals surface area contributed by atoms with Crippen molar-refractivity contribution < 1.29 is 9.22 Å². The van der Waals surface area contributed by atoms with Gasteiger partial charge < -0.3 is 4.43 Å². The zero-order valence-corrected chi connectivity index (χ0v) is 7.16. The number of carbonyl (C=O) groups is 1. The molecular weight excluding hydrogens is 155 g/mol. The Balaban J connectivity index is 3.35. The summed E-state index contributed by atoms with van der Waals surface area (Å²) in [4.78, 5) is 9.04. The molecule has 0 fully saturated rings. The average Bonchev–Trinajstić information content (AvgIpc) is 1.65. The number of rotatable bonds is 1. The van der Waals surface area contributed by atoms with Crippen molar-refractivity contribution in [2.45, 2.75) is 4.84 Å². The molecule has 5 heteroatoms. The quantitative estimate of drug-likeness (QED) is 0.385. The fourth-order valence-electron chi connectivity index (χ4n) is 0.0891. The summed E-state index contributed by atoms with van der Waals surface area (Å²) in [6, 6.07) is 0. The number of hydrogen-bond donors (Lipinski definition) is 0. The number of carbonyl (C=O) groups excluding carboxylic acids is 1. The Morgan fingerprint density at radius 1 is 1.71 bits per heavy atom. The lowest BCUT2D eigenvalue weighted by Gasteiger charge is -1.95. The summed E-state index contributed by atoms with van der Waals surface area (Å²) in [5.74, 6) is -0.560. The third-order valence-corrected chi connectivity index (χ3v) is 1.14. The minimum Gasteiger partial charge on any atom is -0.527 e. The van der Waals surface area contributed by atoms with Gasteiger partial charge in [-0.3, -0.25) is 4.79 Å². The predicted octanol–water partition coefficient (Wildman–Crippen LogP) is -0.386. The summed E-state index contributed by atoms with van der Waals surface area (Å²) >= 11 is 10.1. The lowest BCUT2D eigenvalue weighted by molar-refractivity contribution is -0.132. The van der Waals surface area contributed by atoms with E-state index in [-0.39, 0.29) is 0 Å². The lowest BCUT2D eigenvalue weighted by Crippen LogP contribution is -2.09. The fourth-order valence-corrected chi connectivity index (χ4v) is 0.802. The Labute approximate surface area is 54.3 Å². The topological polar surface area (TPSA) is 26.3 Å². The summed E-state index contributed by atoms with van der Waals surface area (Å²) in [5, 5.41) is 0. The number of hydrogen-bond acceptors (Lipinski definition) is 2. The predicted molar refractivity (Wildman–Crippen MR) is 31.5 cm³/mol. The van der Waals surface area contributed by atoms with E-state index < -0.39 is 10.8 Å². The molecule has 0 bridgehead atoms. The molecule has 0 aromatic carbocycles. The van der Waals surface area contributed by atoms with Gasteiger partial charge >= 0.3 is 5.97 Å². The molecule has 0 spiro atoms. The first-order chi connectivity index (χ1) is 3.18. The Morgan fingerprint density at radius 3 is 2.14 bits per heavy atom. The minimum absolute atomic E-state index is 0.352. The van der Waals surface area contributed by atoms with Crippen LogP contribution in [0.1, 0.15) is 0 Å². The second-order valence-corrected chi connectivity index (χ2v) is 2.33. The Hall–Kier alpha value is 0.267. The molecule has 7 heavy (non-hydrogen) atoms. The lowest BCUT2D eigenvalue weighted by atomic mass is 10.8. The smallest absolute Gasteiger partial charge is 0.325 e. The van der Waals surface area contributed by atoms with Gasteiger partial charge in [0.25, 0.3) is 0 Å². The first-order valence-electron chi connectivity index (χ1n) is 1.54. The zero-order chi connectivity index (χ0) is 5.86. The third-order valence-electron chi connectivity index (χ3n) is 0.379. The van der Waals surface area contributed by atoms with Gasteiger partial charge in [-0.2, -0.15) is 0 Å². The van der Waals surface area contributed by atoms with Crippen LogP contribution in [0.15, 0.2) is 0 Å². The van der Waals surface area contributed by atoms with Crippen molar-refractivity contribution >= 4 is 39.7 Å². The van der Waals surface area contributed by atoms with Gasteiger partial charge in [0.2, 0.25) is 15.3 Å². The standard InChI is InChI=1S/C2H4Cl2O2Si/c3-1(4)2(5)6-7/h1H,7H3. The van der Waals surface area contributed by atoms with Crippen molar-refractivity contribution in [3.8, 4) is 0 Å². The van der Waals surface area contributed by atoms with E-state index in [1.807, 2.05) is 0 Å². The van der Waals surface area contributed by atoms with E-state index in [0.717, 1.165) is 0 Å². The van der Waals surface area contributed by atoms with Gasteiger partial charge in [-0.1, -0.05) is 23.2 Å². The minimum atomic E-state index is -1.02. The summed E-state index contributed by atoms with van der Waals surface area (Å²) in [6.45, 7) is 0. The largest absolute Gasteiger partial charge is 0.527 e. The van der Waals surface area contributed by atoms with E-state index in [2.05, 4.69) is 4.43 Å². The Morgan fingerprint density at radius 2 is 2.14 bits per heavy atom. The van der Waals surface area contributed by atoms with Gasteiger partial charge in [0.05, 0.1) is 0 Å². The summed E-state index contributed by atoms with van der Waals surface area (Å²) in [5.41, 5.74) is 0. The second-order valence-electron chi connectivity index (χ2n) is 0.824. The van der Waals surface area contributed by atoms with Gasteiger partial charge in [0.1, 0.15) is 0 Å². The van der Waals surface area contributed by atoms with Crippen molar-refractivity contribution in [3.63, 3.8) is 0 Å². The molecule has 0 radical (unpaired) electrons.